The number of carbonyl (C=O) groups is 1. The van der Waals surface area contributed by atoms with Crippen LogP contribution in [0.2, 0.25) is 0 Å². The predicted molar refractivity (Wildman–Crippen MR) is 75.2 cm³/mol. The van der Waals surface area contributed by atoms with E-state index in [-0.39, 0.29) is 11.9 Å². The SMILES string of the molecule is COc1cccc(N(C)C2CCOC2C)c1C(C)=O. The van der Waals surface area contributed by atoms with Gasteiger partial charge >= 0.3 is 0 Å². The van der Waals surface area contributed by atoms with Crippen LogP contribution in [0.15, 0.2) is 18.2 Å². The first kappa shape index (κ1) is 13.9. The summed E-state index contributed by atoms with van der Waals surface area (Å²) in [6.45, 7) is 4.42. The molecule has 1 fully saturated rings. The molecule has 2 rings (SSSR count). The van der Waals surface area contributed by atoms with Crippen LogP contribution < -0.4 is 9.64 Å². The Hall–Kier alpha value is -1.55. The van der Waals surface area contributed by atoms with Crippen molar-refractivity contribution in [3.63, 3.8) is 0 Å². The Morgan fingerprint density at radius 1 is 1.47 bits per heavy atom. The first-order valence-electron chi connectivity index (χ1n) is 6.58. The Labute approximate surface area is 114 Å². The van der Waals surface area contributed by atoms with E-state index in [1.807, 2.05) is 25.2 Å². The minimum absolute atomic E-state index is 0.0193. The minimum Gasteiger partial charge on any atom is -0.496 e. The summed E-state index contributed by atoms with van der Waals surface area (Å²) in [6.07, 6.45) is 1.16. The summed E-state index contributed by atoms with van der Waals surface area (Å²) in [5, 5.41) is 0. The van der Waals surface area contributed by atoms with Crippen LogP contribution in [-0.4, -0.2) is 38.7 Å². The standard InChI is InChI=1S/C15H21NO3/c1-10(17)15-13(6-5-7-14(15)18-4)16(3)12-8-9-19-11(12)2/h5-7,11-12H,8-9H2,1-4H3. The molecular weight excluding hydrogens is 242 g/mol. The summed E-state index contributed by atoms with van der Waals surface area (Å²) in [5.74, 6) is 0.647. The average Bonchev–Trinajstić information content (AvgIpc) is 2.83. The molecule has 0 radical (unpaired) electrons. The molecule has 2 unspecified atom stereocenters. The third kappa shape index (κ3) is 2.59. The van der Waals surface area contributed by atoms with Gasteiger partial charge in [0.15, 0.2) is 5.78 Å². The maximum Gasteiger partial charge on any atom is 0.165 e. The fourth-order valence-corrected chi connectivity index (χ4v) is 2.75. The third-order valence-corrected chi connectivity index (χ3v) is 3.79. The molecule has 1 aromatic carbocycles. The highest BCUT2D eigenvalue weighted by atomic mass is 16.5. The van der Waals surface area contributed by atoms with Crippen LogP contribution in [0.5, 0.6) is 5.75 Å². The Bertz CT molecular complexity index is 472. The first-order valence-corrected chi connectivity index (χ1v) is 6.58. The number of anilines is 1. The zero-order valence-electron chi connectivity index (χ0n) is 12.0. The zero-order chi connectivity index (χ0) is 14.0. The van der Waals surface area contributed by atoms with Gasteiger partial charge in [-0.25, -0.2) is 0 Å². The van der Waals surface area contributed by atoms with Crippen molar-refractivity contribution in [3.05, 3.63) is 23.8 Å². The molecule has 1 aromatic rings. The molecule has 1 aliphatic rings. The van der Waals surface area contributed by atoms with Gasteiger partial charge in [-0.2, -0.15) is 0 Å². The summed E-state index contributed by atoms with van der Waals surface area (Å²) in [7, 11) is 3.60. The van der Waals surface area contributed by atoms with Gasteiger partial charge in [0.25, 0.3) is 0 Å². The quantitative estimate of drug-likeness (QED) is 0.782. The number of hydrogen-bond donors (Lipinski definition) is 0. The topological polar surface area (TPSA) is 38.8 Å². The van der Waals surface area contributed by atoms with Gasteiger partial charge in [-0.15, -0.1) is 0 Å². The number of methoxy groups -OCH3 is 1. The van der Waals surface area contributed by atoms with E-state index in [9.17, 15) is 4.79 Å². The first-order chi connectivity index (χ1) is 9.06. The van der Waals surface area contributed by atoms with E-state index >= 15 is 0 Å². The van der Waals surface area contributed by atoms with Gasteiger partial charge < -0.3 is 14.4 Å². The van der Waals surface area contributed by atoms with Crippen LogP contribution in [0.25, 0.3) is 0 Å². The summed E-state index contributed by atoms with van der Waals surface area (Å²) in [6, 6.07) is 6.00. The number of ether oxygens (including phenoxy) is 2. The number of benzene rings is 1. The number of rotatable bonds is 4. The van der Waals surface area contributed by atoms with Crippen LogP contribution in [-0.2, 0) is 4.74 Å². The molecule has 4 nitrogen and oxygen atoms in total. The maximum absolute atomic E-state index is 11.9. The second kappa shape index (κ2) is 5.61. The number of Topliss-reactive ketones (excluding diaryl/α,β-unsaturated/α-hetero) is 1. The minimum atomic E-state index is 0.0193. The molecular formula is C15H21NO3. The van der Waals surface area contributed by atoms with Crippen molar-refractivity contribution in [1.29, 1.82) is 0 Å². The number of likely N-dealkylation sites (N-methyl/N-ethyl adjacent to an activating group) is 1. The lowest BCUT2D eigenvalue weighted by atomic mass is 10.0. The molecule has 0 N–H and O–H groups in total. The molecule has 1 heterocycles. The molecule has 1 saturated heterocycles. The highest BCUT2D eigenvalue weighted by Gasteiger charge is 2.30. The highest BCUT2D eigenvalue weighted by molar-refractivity contribution is 6.02. The van der Waals surface area contributed by atoms with Crippen molar-refractivity contribution in [2.75, 3.05) is 25.7 Å². The largest absolute Gasteiger partial charge is 0.496 e. The van der Waals surface area contributed by atoms with E-state index in [2.05, 4.69) is 11.8 Å². The number of ketones is 1. The molecule has 4 heteroatoms. The fraction of sp³-hybridized carbons (Fsp3) is 0.533. The normalized spacial score (nSPS) is 22.3. The molecule has 1 aliphatic heterocycles. The molecule has 19 heavy (non-hydrogen) atoms. The van der Waals surface area contributed by atoms with Crippen molar-refractivity contribution >= 4 is 11.5 Å². The van der Waals surface area contributed by atoms with Crippen molar-refractivity contribution < 1.29 is 14.3 Å². The fourth-order valence-electron chi connectivity index (χ4n) is 2.75. The van der Waals surface area contributed by atoms with Gasteiger partial charge in [-0.05, 0) is 32.4 Å². The molecule has 0 saturated carbocycles. The summed E-state index contributed by atoms with van der Waals surface area (Å²) < 4.78 is 10.9. The molecule has 0 aromatic heterocycles. The van der Waals surface area contributed by atoms with Crippen molar-refractivity contribution in [3.8, 4) is 5.75 Å². The number of nitrogens with zero attached hydrogens (tertiary/aromatic N) is 1. The van der Waals surface area contributed by atoms with E-state index in [1.54, 1.807) is 14.0 Å². The molecule has 2 atom stereocenters. The molecule has 0 spiro atoms. The van der Waals surface area contributed by atoms with Gasteiger partial charge in [0.2, 0.25) is 0 Å². The van der Waals surface area contributed by atoms with Gasteiger partial charge in [-0.1, -0.05) is 6.07 Å². The Balaban J connectivity index is 2.41. The summed E-state index contributed by atoms with van der Waals surface area (Å²) in [5.41, 5.74) is 1.56. The third-order valence-electron chi connectivity index (χ3n) is 3.79. The summed E-state index contributed by atoms with van der Waals surface area (Å²) >= 11 is 0. The van der Waals surface area contributed by atoms with Gasteiger partial charge in [-0.3, -0.25) is 4.79 Å². The van der Waals surface area contributed by atoms with Gasteiger partial charge in [0.1, 0.15) is 5.75 Å². The molecule has 0 bridgehead atoms. The van der Waals surface area contributed by atoms with Crippen LogP contribution in [0, 0.1) is 0 Å². The monoisotopic (exact) mass is 263 g/mol. The van der Waals surface area contributed by atoms with E-state index < -0.39 is 0 Å². The molecule has 0 aliphatic carbocycles. The van der Waals surface area contributed by atoms with Crippen LogP contribution in [0.3, 0.4) is 0 Å². The van der Waals surface area contributed by atoms with Crippen LogP contribution in [0.1, 0.15) is 30.6 Å². The highest BCUT2D eigenvalue weighted by Crippen LogP contribution is 2.32. The maximum atomic E-state index is 11.9. The average molecular weight is 263 g/mol. The lowest BCUT2D eigenvalue weighted by Gasteiger charge is -2.30. The van der Waals surface area contributed by atoms with Gasteiger partial charge in [0.05, 0.1) is 30.5 Å². The second-order valence-corrected chi connectivity index (χ2v) is 4.95. The molecule has 104 valence electrons. The second-order valence-electron chi connectivity index (χ2n) is 4.95. The van der Waals surface area contributed by atoms with E-state index in [0.717, 1.165) is 18.7 Å². The Morgan fingerprint density at radius 3 is 2.74 bits per heavy atom. The lowest BCUT2D eigenvalue weighted by molar-refractivity contribution is 0.101. The van der Waals surface area contributed by atoms with Crippen LogP contribution >= 0.6 is 0 Å². The smallest absolute Gasteiger partial charge is 0.165 e. The van der Waals surface area contributed by atoms with Gasteiger partial charge in [0, 0.05) is 13.7 Å². The van der Waals surface area contributed by atoms with E-state index in [4.69, 9.17) is 9.47 Å². The Kier molecular flexibility index (Phi) is 4.10. The number of carbonyl (C=O) groups excluding carboxylic acids is 1. The van der Waals surface area contributed by atoms with Crippen molar-refractivity contribution in [2.24, 2.45) is 0 Å². The predicted octanol–water partition coefficient (Wildman–Crippen LogP) is 2.51. The van der Waals surface area contributed by atoms with E-state index in [1.165, 1.54) is 0 Å². The summed E-state index contributed by atoms with van der Waals surface area (Å²) in [4.78, 5) is 14.0. The van der Waals surface area contributed by atoms with Crippen molar-refractivity contribution in [2.45, 2.75) is 32.4 Å². The van der Waals surface area contributed by atoms with E-state index in [0.29, 0.717) is 17.4 Å². The van der Waals surface area contributed by atoms with Crippen molar-refractivity contribution in [1.82, 2.24) is 0 Å². The zero-order valence-corrected chi connectivity index (χ0v) is 12.0. The van der Waals surface area contributed by atoms with Crippen LogP contribution in [0.4, 0.5) is 5.69 Å². The Morgan fingerprint density at radius 2 is 2.21 bits per heavy atom. The number of hydrogen-bond acceptors (Lipinski definition) is 4. The lowest BCUT2D eigenvalue weighted by Crippen LogP contribution is -2.37. The molecule has 0 amide bonds.